The molecule has 0 aliphatic heterocycles. The van der Waals surface area contributed by atoms with Crippen molar-refractivity contribution in [3.8, 4) is 0 Å². The van der Waals surface area contributed by atoms with Crippen LogP contribution in [-0.2, 0) is 0 Å². The smallest absolute Gasteiger partial charge is 0.000955 e. The van der Waals surface area contributed by atoms with Crippen LogP contribution >= 0.6 is 0 Å². The first-order valence-electron chi connectivity index (χ1n) is 5.23. The summed E-state index contributed by atoms with van der Waals surface area (Å²) in [7, 11) is 2.02. The van der Waals surface area contributed by atoms with E-state index in [4.69, 9.17) is 0 Å². The van der Waals surface area contributed by atoms with E-state index < -0.39 is 0 Å². The van der Waals surface area contributed by atoms with Gasteiger partial charge >= 0.3 is 0 Å². The molecule has 0 unspecified atom stereocenters. The summed E-state index contributed by atoms with van der Waals surface area (Å²) in [5.41, 5.74) is 0. The van der Waals surface area contributed by atoms with Gasteiger partial charge in [-0.25, -0.2) is 0 Å². The molecule has 0 radical (unpaired) electrons. The van der Waals surface area contributed by atoms with Crippen molar-refractivity contribution in [2.75, 3.05) is 33.2 Å². The van der Waals surface area contributed by atoms with E-state index in [2.05, 4.69) is 17.1 Å². The predicted molar refractivity (Wildman–Crippen MR) is 53.4 cm³/mol. The van der Waals surface area contributed by atoms with Crippen LogP contribution < -0.4 is 5.32 Å². The topological polar surface area (TPSA) is 15.3 Å². The van der Waals surface area contributed by atoms with Gasteiger partial charge in [-0.2, -0.15) is 0 Å². The van der Waals surface area contributed by atoms with Crippen LogP contribution in [-0.4, -0.2) is 38.1 Å². The van der Waals surface area contributed by atoms with E-state index in [1.807, 2.05) is 7.05 Å². The molecule has 1 aliphatic rings. The molecule has 0 spiro atoms. The normalized spacial score (nSPS) is 17.2. The summed E-state index contributed by atoms with van der Waals surface area (Å²) in [5.74, 6) is 1.04. The Kier molecular flexibility index (Phi) is 4.62. The maximum absolute atomic E-state index is 3.19. The van der Waals surface area contributed by atoms with Crippen molar-refractivity contribution in [3.63, 3.8) is 0 Å². The van der Waals surface area contributed by atoms with E-state index in [1.165, 1.54) is 38.9 Å². The Balaban J connectivity index is 1.98. The van der Waals surface area contributed by atoms with E-state index in [0.717, 1.165) is 12.5 Å². The second-order valence-corrected chi connectivity index (χ2v) is 3.79. The van der Waals surface area contributed by atoms with E-state index in [0.29, 0.717) is 0 Å². The molecule has 1 N–H and O–H groups in total. The Hall–Kier alpha value is -0.0800. The quantitative estimate of drug-likeness (QED) is 0.580. The summed E-state index contributed by atoms with van der Waals surface area (Å²) in [5, 5.41) is 3.19. The Morgan fingerprint density at radius 1 is 1.42 bits per heavy atom. The zero-order valence-corrected chi connectivity index (χ0v) is 8.47. The van der Waals surface area contributed by atoms with Crippen molar-refractivity contribution >= 4 is 0 Å². The molecule has 0 aromatic rings. The molecule has 0 aromatic heterocycles. The van der Waals surface area contributed by atoms with E-state index in [9.17, 15) is 0 Å². The molecule has 12 heavy (non-hydrogen) atoms. The van der Waals surface area contributed by atoms with Crippen LogP contribution in [0.3, 0.4) is 0 Å². The molecular weight excluding hydrogens is 148 g/mol. The van der Waals surface area contributed by atoms with Crippen molar-refractivity contribution in [3.05, 3.63) is 0 Å². The van der Waals surface area contributed by atoms with Gasteiger partial charge < -0.3 is 10.2 Å². The average molecular weight is 170 g/mol. The molecule has 0 atom stereocenters. The van der Waals surface area contributed by atoms with E-state index in [-0.39, 0.29) is 0 Å². The van der Waals surface area contributed by atoms with Gasteiger partial charge in [0.05, 0.1) is 0 Å². The zero-order chi connectivity index (χ0) is 8.81. The summed E-state index contributed by atoms with van der Waals surface area (Å²) in [6.07, 6.45) is 4.24. The van der Waals surface area contributed by atoms with Gasteiger partial charge in [-0.05, 0) is 51.9 Å². The van der Waals surface area contributed by atoms with Gasteiger partial charge in [0.1, 0.15) is 0 Å². The van der Waals surface area contributed by atoms with Gasteiger partial charge in [-0.15, -0.1) is 0 Å². The molecule has 0 saturated heterocycles. The zero-order valence-electron chi connectivity index (χ0n) is 8.47. The first-order chi connectivity index (χ1) is 5.86. The Bertz CT molecular complexity index is 110. The summed E-state index contributed by atoms with van der Waals surface area (Å²) in [6.45, 7) is 7.26. The van der Waals surface area contributed by atoms with Crippen molar-refractivity contribution in [1.82, 2.24) is 10.2 Å². The SMILES string of the molecule is CCN(CCCNC)CC1CC1. The number of rotatable bonds is 7. The van der Waals surface area contributed by atoms with Gasteiger partial charge in [-0.1, -0.05) is 6.92 Å². The molecule has 72 valence electrons. The fourth-order valence-corrected chi connectivity index (χ4v) is 1.52. The Morgan fingerprint density at radius 3 is 2.67 bits per heavy atom. The first-order valence-corrected chi connectivity index (χ1v) is 5.23. The molecule has 1 rings (SSSR count). The fraction of sp³-hybridized carbons (Fsp3) is 1.00. The number of nitrogens with one attached hydrogen (secondary N) is 1. The van der Waals surface area contributed by atoms with Crippen LogP contribution in [0.5, 0.6) is 0 Å². The van der Waals surface area contributed by atoms with Crippen molar-refractivity contribution in [2.24, 2.45) is 5.92 Å². The summed E-state index contributed by atoms with van der Waals surface area (Å²) < 4.78 is 0. The van der Waals surface area contributed by atoms with Gasteiger partial charge in [-0.3, -0.25) is 0 Å². The van der Waals surface area contributed by atoms with Gasteiger partial charge in [0.15, 0.2) is 0 Å². The minimum Gasteiger partial charge on any atom is -0.320 e. The maximum atomic E-state index is 3.19. The van der Waals surface area contributed by atoms with Crippen molar-refractivity contribution in [1.29, 1.82) is 0 Å². The molecule has 1 fully saturated rings. The van der Waals surface area contributed by atoms with Crippen molar-refractivity contribution < 1.29 is 0 Å². The monoisotopic (exact) mass is 170 g/mol. The third-order valence-corrected chi connectivity index (χ3v) is 2.56. The standard InChI is InChI=1S/C10H22N2/c1-3-12(8-4-7-11-2)9-10-5-6-10/h10-11H,3-9H2,1-2H3. The van der Waals surface area contributed by atoms with Crippen LogP contribution in [0.25, 0.3) is 0 Å². The van der Waals surface area contributed by atoms with Crippen molar-refractivity contribution in [2.45, 2.75) is 26.2 Å². The second kappa shape index (κ2) is 5.55. The lowest BCUT2D eigenvalue weighted by atomic mass is 10.3. The number of hydrogen-bond donors (Lipinski definition) is 1. The lowest BCUT2D eigenvalue weighted by Crippen LogP contribution is -2.28. The molecule has 0 amide bonds. The third kappa shape index (κ3) is 4.07. The molecule has 0 bridgehead atoms. The highest BCUT2D eigenvalue weighted by molar-refractivity contribution is 4.76. The van der Waals surface area contributed by atoms with E-state index in [1.54, 1.807) is 0 Å². The molecule has 2 nitrogen and oxygen atoms in total. The highest BCUT2D eigenvalue weighted by Crippen LogP contribution is 2.29. The Morgan fingerprint density at radius 2 is 2.17 bits per heavy atom. The Labute approximate surface area is 76.3 Å². The lowest BCUT2D eigenvalue weighted by Gasteiger charge is -2.19. The summed E-state index contributed by atoms with van der Waals surface area (Å²) >= 11 is 0. The highest BCUT2D eigenvalue weighted by atomic mass is 15.1. The molecular formula is C10H22N2. The summed E-state index contributed by atoms with van der Waals surface area (Å²) in [4.78, 5) is 2.58. The largest absolute Gasteiger partial charge is 0.320 e. The third-order valence-electron chi connectivity index (χ3n) is 2.56. The predicted octanol–water partition coefficient (Wildman–Crippen LogP) is 1.33. The van der Waals surface area contributed by atoms with E-state index >= 15 is 0 Å². The van der Waals surface area contributed by atoms with Gasteiger partial charge in [0.25, 0.3) is 0 Å². The maximum Gasteiger partial charge on any atom is 0.000955 e. The molecule has 1 saturated carbocycles. The van der Waals surface area contributed by atoms with Gasteiger partial charge in [0.2, 0.25) is 0 Å². The lowest BCUT2D eigenvalue weighted by molar-refractivity contribution is 0.273. The summed E-state index contributed by atoms with van der Waals surface area (Å²) in [6, 6.07) is 0. The molecule has 0 heterocycles. The molecule has 1 aliphatic carbocycles. The van der Waals surface area contributed by atoms with Crippen LogP contribution in [0, 0.1) is 5.92 Å². The fourth-order valence-electron chi connectivity index (χ4n) is 1.52. The second-order valence-electron chi connectivity index (χ2n) is 3.79. The molecule has 0 aromatic carbocycles. The first kappa shape index (κ1) is 10.0. The number of nitrogens with zero attached hydrogens (tertiary/aromatic N) is 1. The molecule has 2 heteroatoms. The minimum absolute atomic E-state index is 1.04. The highest BCUT2D eigenvalue weighted by Gasteiger charge is 2.23. The average Bonchev–Trinajstić information content (AvgIpc) is 2.87. The van der Waals surface area contributed by atoms with Gasteiger partial charge in [0, 0.05) is 6.54 Å². The van der Waals surface area contributed by atoms with Crippen LogP contribution in [0.15, 0.2) is 0 Å². The van der Waals surface area contributed by atoms with Crippen LogP contribution in [0.1, 0.15) is 26.2 Å². The minimum atomic E-state index is 1.04. The number of hydrogen-bond acceptors (Lipinski definition) is 2. The van der Waals surface area contributed by atoms with Crippen LogP contribution in [0.4, 0.5) is 0 Å². The van der Waals surface area contributed by atoms with Crippen LogP contribution in [0.2, 0.25) is 0 Å².